The molecule has 0 bridgehead atoms. The van der Waals surface area contributed by atoms with Gasteiger partial charge in [0, 0.05) is 24.8 Å². The van der Waals surface area contributed by atoms with Crippen LogP contribution in [0.1, 0.15) is 18.4 Å². The molecule has 1 aromatic heterocycles. The number of fused-ring (bicyclic) bond motifs is 1. The summed E-state index contributed by atoms with van der Waals surface area (Å²) in [5.74, 6) is 0.426. The summed E-state index contributed by atoms with van der Waals surface area (Å²) in [6.45, 7) is 2.05. The van der Waals surface area contributed by atoms with E-state index in [0.717, 1.165) is 36.8 Å². The average Bonchev–Trinajstić information content (AvgIpc) is 2.85. The molecule has 1 saturated heterocycles. The lowest BCUT2D eigenvalue weighted by Gasteiger charge is -2.29. The van der Waals surface area contributed by atoms with Crippen molar-refractivity contribution < 1.29 is 18.3 Å². The van der Waals surface area contributed by atoms with E-state index in [2.05, 4.69) is 27.2 Å². The van der Waals surface area contributed by atoms with Gasteiger partial charge in [-0.2, -0.15) is 0 Å². The predicted molar refractivity (Wildman–Crippen MR) is 131 cm³/mol. The summed E-state index contributed by atoms with van der Waals surface area (Å²) in [6.07, 6.45) is 3.49. The highest BCUT2D eigenvalue weighted by Gasteiger charge is 2.20. The van der Waals surface area contributed by atoms with Crippen LogP contribution in [0.3, 0.4) is 0 Å². The fraction of sp³-hybridized carbons (Fsp3) is 0.259. The van der Waals surface area contributed by atoms with Crippen molar-refractivity contribution in [2.75, 3.05) is 25.5 Å². The molecule has 0 aliphatic carbocycles. The van der Waals surface area contributed by atoms with E-state index < -0.39 is 5.82 Å². The molecule has 1 N–H and O–H groups in total. The van der Waals surface area contributed by atoms with Crippen LogP contribution in [0.25, 0.3) is 10.9 Å². The SMILES string of the molecule is CN1CCC(Oc2cccc3ncnc(Nc4ccc(OCc5cccc(F)c5)c(F)c4)c23)CC1. The smallest absolute Gasteiger partial charge is 0.167 e. The van der Waals surface area contributed by atoms with E-state index in [9.17, 15) is 8.78 Å². The number of nitrogens with zero attached hydrogens (tertiary/aromatic N) is 3. The molecule has 0 amide bonds. The van der Waals surface area contributed by atoms with E-state index in [1.54, 1.807) is 18.2 Å². The number of anilines is 2. The van der Waals surface area contributed by atoms with Gasteiger partial charge in [-0.1, -0.05) is 18.2 Å². The molecule has 6 nitrogen and oxygen atoms in total. The van der Waals surface area contributed by atoms with Gasteiger partial charge in [0.15, 0.2) is 11.6 Å². The highest BCUT2D eigenvalue weighted by atomic mass is 19.1. The Bertz CT molecular complexity index is 1320. The van der Waals surface area contributed by atoms with Gasteiger partial charge in [0.25, 0.3) is 0 Å². The van der Waals surface area contributed by atoms with Crippen LogP contribution in [0, 0.1) is 11.6 Å². The van der Waals surface area contributed by atoms with E-state index in [1.165, 1.54) is 30.6 Å². The van der Waals surface area contributed by atoms with E-state index in [0.29, 0.717) is 22.8 Å². The van der Waals surface area contributed by atoms with Gasteiger partial charge < -0.3 is 19.7 Å². The quantitative estimate of drug-likeness (QED) is 0.369. The van der Waals surface area contributed by atoms with Crippen molar-refractivity contribution in [1.29, 1.82) is 0 Å². The number of nitrogens with one attached hydrogen (secondary N) is 1. The number of likely N-dealkylation sites (tertiary alicyclic amines) is 1. The molecule has 1 aliphatic heterocycles. The summed E-state index contributed by atoms with van der Waals surface area (Å²) in [5.41, 5.74) is 1.87. The molecule has 180 valence electrons. The molecule has 8 heteroatoms. The maximum absolute atomic E-state index is 14.8. The highest BCUT2D eigenvalue weighted by molar-refractivity contribution is 5.95. The van der Waals surface area contributed by atoms with Crippen LogP contribution in [-0.2, 0) is 6.61 Å². The monoisotopic (exact) mass is 476 g/mol. The number of ether oxygens (including phenoxy) is 2. The van der Waals surface area contributed by atoms with Crippen LogP contribution in [0.15, 0.2) is 67.0 Å². The largest absolute Gasteiger partial charge is 0.489 e. The summed E-state index contributed by atoms with van der Waals surface area (Å²) < 4.78 is 40.0. The molecule has 0 unspecified atom stereocenters. The number of hydrogen-bond acceptors (Lipinski definition) is 6. The van der Waals surface area contributed by atoms with Gasteiger partial charge in [0.1, 0.15) is 36.4 Å². The number of rotatable bonds is 7. The summed E-state index contributed by atoms with van der Waals surface area (Å²) >= 11 is 0. The van der Waals surface area contributed by atoms with Crippen LogP contribution >= 0.6 is 0 Å². The predicted octanol–water partition coefficient (Wildman–Crippen LogP) is 5.70. The van der Waals surface area contributed by atoms with Crippen LogP contribution in [0.2, 0.25) is 0 Å². The second kappa shape index (κ2) is 10.2. The number of benzene rings is 3. The van der Waals surface area contributed by atoms with Gasteiger partial charge in [-0.05, 0) is 61.9 Å². The topological polar surface area (TPSA) is 59.5 Å². The van der Waals surface area contributed by atoms with Gasteiger partial charge in [-0.25, -0.2) is 18.7 Å². The maximum atomic E-state index is 14.8. The fourth-order valence-electron chi connectivity index (χ4n) is 4.17. The van der Waals surface area contributed by atoms with Crippen molar-refractivity contribution in [3.05, 3.63) is 84.2 Å². The molecule has 0 spiro atoms. The van der Waals surface area contributed by atoms with Crippen LogP contribution in [0.5, 0.6) is 11.5 Å². The maximum Gasteiger partial charge on any atom is 0.167 e. The Labute approximate surface area is 202 Å². The summed E-state index contributed by atoms with van der Waals surface area (Å²) in [6, 6.07) is 16.3. The molecule has 0 radical (unpaired) electrons. The van der Waals surface area contributed by atoms with Crippen LogP contribution in [0.4, 0.5) is 20.3 Å². The molecule has 0 atom stereocenters. The average molecular weight is 477 g/mol. The Balaban J connectivity index is 1.34. The van der Waals surface area contributed by atoms with Crippen LogP contribution < -0.4 is 14.8 Å². The normalized spacial score (nSPS) is 14.7. The van der Waals surface area contributed by atoms with Crippen molar-refractivity contribution in [3.63, 3.8) is 0 Å². The molecule has 4 aromatic rings. The van der Waals surface area contributed by atoms with Gasteiger partial charge >= 0.3 is 0 Å². The van der Waals surface area contributed by atoms with Crippen LogP contribution in [-0.4, -0.2) is 41.1 Å². The zero-order chi connectivity index (χ0) is 24.2. The Morgan fingerprint density at radius 3 is 2.60 bits per heavy atom. The van der Waals surface area contributed by atoms with E-state index in [1.807, 2.05) is 18.2 Å². The molecular formula is C27H26F2N4O2. The van der Waals surface area contributed by atoms with Crippen molar-refractivity contribution in [2.45, 2.75) is 25.6 Å². The molecule has 35 heavy (non-hydrogen) atoms. The van der Waals surface area contributed by atoms with Crippen molar-refractivity contribution >= 4 is 22.4 Å². The summed E-state index contributed by atoms with van der Waals surface area (Å²) in [5, 5.41) is 3.95. The van der Waals surface area contributed by atoms with E-state index in [4.69, 9.17) is 9.47 Å². The minimum atomic E-state index is -0.535. The molecule has 5 rings (SSSR count). The molecule has 0 saturated carbocycles. The first-order chi connectivity index (χ1) is 17.0. The number of hydrogen-bond donors (Lipinski definition) is 1. The van der Waals surface area contributed by atoms with E-state index >= 15 is 0 Å². The summed E-state index contributed by atoms with van der Waals surface area (Å²) in [7, 11) is 2.11. The van der Waals surface area contributed by atoms with Gasteiger partial charge in [0.05, 0.1) is 10.9 Å². The second-order valence-corrected chi connectivity index (χ2v) is 8.68. The first-order valence-electron chi connectivity index (χ1n) is 11.6. The molecule has 3 aromatic carbocycles. The van der Waals surface area contributed by atoms with Gasteiger partial charge in [0.2, 0.25) is 0 Å². The lowest BCUT2D eigenvalue weighted by molar-refractivity contribution is 0.116. The second-order valence-electron chi connectivity index (χ2n) is 8.68. The van der Waals surface area contributed by atoms with Gasteiger partial charge in [-0.3, -0.25) is 0 Å². The van der Waals surface area contributed by atoms with Crippen molar-refractivity contribution in [2.24, 2.45) is 0 Å². The lowest BCUT2D eigenvalue weighted by atomic mass is 10.1. The first kappa shape index (κ1) is 23.0. The Morgan fingerprint density at radius 1 is 0.971 bits per heavy atom. The third kappa shape index (κ3) is 5.49. The van der Waals surface area contributed by atoms with Gasteiger partial charge in [-0.15, -0.1) is 0 Å². The summed E-state index contributed by atoms with van der Waals surface area (Å²) in [4.78, 5) is 11.1. The van der Waals surface area contributed by atoms with E-state index in [-0.39, 0.29) is 24.3 Å². The molecule has 1 fully saturated rings. The zero-order valence-corrected chi connectivity index (χ0v) is 19.4. The fourth-order valence-corrected chi connectivity index (χ4v) is 4.17. The third-order valence-corrected chi connectivity index (χ3v) is 6.06. The minimum Gasteiger partial charge on any atom is -0.489 e. The molecule has 1 aliphatic rings. The first-order valence-corrected chi connectivity index (χ1v) is 11.6. The molecule has 2 heterocycles. The number of piperidine rings is 1. The third-order valence-electron chi connectivity index (χ3n) is 6.06. The number of halogens is 2. The van der Waals surface area contributed by atoms with Crippen molar-refractivity contribution in [1.82, 2.24) is 14.9 Å². The van der Waals surface area contributed by atoms with Crippen molar-refractivity contribution in [3.8, 4) is 11.5 Å². The lowest BCUT2D eigenvalue weighted by Crippen LogP contribution is -2.35. The Kier molecular flexibility index (Phi) is 6.72. The zero-order valence-electron chi connectivity index (χ0n) is 19.4. The number of aromatic nitrogens is 2. The molecular weight excluding hydrogens is 450 g/mol. The highest BCUT2D eigenvalue weighted by Crippen LogP contribution is 2.34. The minimum absolute atomic E-state index is 0.0651. The Hall–Kier alpha value is -3.78. The standard InChI is InChI=1S/C27H26F2N4O2/c1-33-12-10-21(11-13-33)35-25-7-3-6-23-26(25)27(31-17-30-23)32-20-8-9-24(22(29)15-20)34-16-18-4-2-5-19(28)14-18/h2-9,14-15,17,21H,10-13,16H2,1H3,(H,30,31,32). The Morgan fingerprint density at radius 2 is 1.80 bits per heavy atom.